The Hall–Kier alpha value is -1.82. The second-order valence-corrected chi connectivity index (χ2v) is 7.28. The van der Waals surface area contributed by atoms with Gasteiger partial charge in [0.1, 0.15) is 5.82 Å². The van der Waals surface area contributed by atoms with E-state index in [9.17, 15) is 9.18 Å². The van der Waals surface area contributed by atoms with Crippen LogP contribution in [0.15, 0.2) is 18.2 Å². The molecule has 2 saturated heterocycles. The van der Waals surface area contributed by atoms with Gasteiger partial charge in [-0.1, -0.05) is 6.92 Å². The van der Waals surface area contributed by atoms with Crippen LogP contribution in [0.4, 0.5) is 20.6 Å². The smallest absolute Gasteiger partial charge is 0.321 e. The summed E-state index contributed by atoms with van der Waals surface area (Å²) < 4.78 is 14.0. The molecule has 1 aromatic carbocycles. The molecule has 6 heteroatoms. The SMILES string of the molecule is CCN(C)CC1CCN(C(=O)Nc2cc(F)cc(N3CCCC3)c2)C1. The Morgan fingerprint density at radius 2 is 2.04 bits per heavy atom. The van der Waals surface area contributed by atoms with E-state index < -0.39 is 0 Å². The molecule has 0 spiro atoms. The molecular formula is C19H29FN4O. The van der Waals surface area contributed by atoms with Gasteiger partial charge in [0.25, 0.3) is 0 Å². The Bertz CT molecular complexity index is 603. The molecule has 2 amide bonds. The van der Waals surface area contributed by atoms with Crippen LogP contribution in [0.3, 0.4) is 0 Å². The maximum atomic E-state index is 14.0. The van der Waals surface area contributed by atoms with Crippen molar-refractivity contribution in [1.82, 2.24) is 9.80 Å². The molecule has 2 fully saturated rings. The lowest BCUT2D eigenvalue weighted by Gasteiger charge is -2.22. The van der Waals surface area contributed by atoms with Crippen molar-refractivity contribution in [3.05, 3.63) is 24.0 Å². The highest BCUT2D eigenvalue weighted by Gasteiger charge is 2.27. The van der Waals surface area contributed by atoms with Crippen LogP contribution in [-0.4, -0.2) is 62.1 Å². The van der Waals surface area contributed by atoms with E-state index in [2.05, 4.69) is 29.1 Å². The molecule has 1 unspecified atom stereocenters. The summed E-state index contributed by atoms with van der Waals surface area (Å²) in [6, 6.07) is 4.70. The van der Waals surface area contributed by atoms with E-state index in [-0.39, 0.29) is 11.8 Å². The number of carbonyl (C=O) groups excluding carboxylic acids is 1. The van der Waals surface area contributed by atoms with E-state index in [1.807, 2.05) is 11.0 Å². The lowest BCUT2D eigenvalue weighted by atomic mass is 10.1. The molecule has 5 nitrogen and oxygen atoms in total. The van der Waals surface area contributed by atoms with Crippen LogP contribution in [0.2, 0.25) is 0 Å². The first kappa shape index (κ1) is 18.0. The topological polar surface area (TPSA) is 38.8 Å². The molecule has 0 saturated carbocycles. The zero-order chi connectivity index (χ0) is 17.8. The second kappa shape index (κ2) is 8.04. The fourth-order valence-electron chi connectivity index (χ4n) is 3.74. The van der Waals surface area contributed by atoms with Gasteiger partial charge < -0.3 is 20.0 Å². The number of hydrogen-bond acceptors (Lipinski definition) is 3. The van der Waals surface area contributed by atoms with Crippen molar-refractivity contribution in [2.45, 2.75) is 26.2 Å². The Morgan fingerprint density at radius 1 is 1.28 bits per heavy atom. The summed E-state index contributed by atoms with van der Waals surface area (Å²) in [6.07, 6.45) is 3.30. The number of anilines is 2. The van der Waals surface area contributed by atoms with Crippen molar-refractivity contribution in [2.75, 3.05) is 56.5 Å². The number of nitrogens with zero attached hydrogens (tertiary/aromatic N) is 3. The number of carbonyl (C=O) groups is 1. The third kappa shape index (κ3) is 4.63. The Morgan fingerprint density at radius 3 is 2.76 bits per heavy atom. The van der Waals surface area contributed by atoms with Crippen LogP contribution in [0.25, 0.3) is 0 Å². The van der Waals surface area contributed by atoms with E-state index in [0.717, 1.165) is 64.2 Å². The average Bonchev–Trinajstić information content (AvgIpc) is 3.26. The first-order valence-corrected chi connectivity index (χ1v) is 9.35. The van der Waals surface area contributed by atoms with Crippen molar-refractivity contribution in [1.29, 1.82) is 0 Å². The van der Waals surface area contributed by atoms with Gasteiger partial charge in [0.05, 0.1) is 0 Å². The van der Waals surface area contributed by atoms with Crippen LogP contribution in [0.5, 0.6) is 0 Å². The third-order valence-electron chi connectivity index (χ3n) is 5.29. The van der Waals surface area contributed by atoms with Crippen LogP contribution >= 0.6 is 0 Å². The molecule has 1 aromatic rings. The summed E-state index contributed by atoms with van der Waals surface area (Å²) in [5, 5.41) is 2.88. The van der Waals surface area contributed by atoms with Crippen molar-refractivity contribution >= 4 is 17.4 Å². The minimum atomic E-state index is -0.302. The minimum absolute atomic E-state index is 0.125. The van der Waals surface area contributed by atoms with E-state index in [1.54, 1.807) is 6.07 Å². The van der Waals surface area contributed by atoms with Crippen molar-refractivity contribution in [3.8, 4) is 0 Å². The summed E-state index contributed by atoms with van der Waals surface area (Å²) in [4.78, 5) is 18.8. The lowest BCUT2D eigenvalue weighted by Crippen LogP contribution is -2.34. The van der Waals surface area contributed by atoms with Gasteiger partial charge in [-0.25, -0.2) is 9.18 Å². The molecule has 0 aliphatic carbocycles. The van der Waals surface area contributed by atoms with Crippen molar-refractivity contribution in [2.24, 2.45) is 5.92 Å². The normalized spacial score (nSPS) is 20.6. The third-order valence-corrected chi connectivity index (χ3v) is 5.29. The zero-order valence-electron chi connectivity index (χ0n) is 15.3. The van der Waals surface area contributed by atoms with Gasteiger partial charge in [-0.2, -0.15) is 0 Å². The number of likely N-dealkylation sites (tertiary alicyclic amines) is 1. The highest BCUT2D eigenvalue weighted by molar-refractivity contribution is 5.90. The summed E-state index contributed by atoms with van der Waals surface area (Å²) in [6.45, 7) is 7.62. The monoisotopic (exact) mass is 348 g/mol. The van der Waals surface area contributed by atoms with Crippen LogP contribution in [-0.2, 0) is 0 Å². The van der Waals surface area contributed by atoms with Gasteiger partial charge in [0.15, 0.2) is 0 Å². The standard InChI is InChI=1S/C19H29FN4O/c1-3-22(2)13-15-6-9-24(14-15)19(25)21-17-10-16(20)11-18(12-17)23-7-4-5-8-23/h10-12,15H,3-9,13-14H2,1-2H3,(H,21,25). The van der Waals surface area contributed by atoms with E-state index in [0.29, 0.717) is 11.6 Å². The predicted octanol–water partition coefficient (Wildman–Crippen LogP) is 3.23. The summed E-state index contributed by atoms with van der Waals surface area (Å²) >= 11 is 0. The minimum Gasteiger partial charge on any atom is -0.371 e. The molecule has 2 aliphatic heterocycles. The molecule has 0 radical (unpaired) electrons. The predicted molar refractivity (Wildman–Crippen MR) is 99.7 cm³/mol. The number of urea groups is 1. The summed E-state index contributed by atoms with van der Waals surface area (Å²) in [5.41, 5.74) is 1.40. The average molecular weight is 348 g/mol. The maximum Gasteiger partial charge on any atom is 0.321 e. The number of halogens is 1. The van der Waals surface area contributed by atoms with Crippen LogP contribution in [0.1, 0.15) is 26.2 Å². The van der Waals surface area contributed by atoms with Gasteiger partial charge >= 0.3 is 6.03 Å². The van der Waals surface area contributed by atoms with Gasteiger partial charge in [0.2, 0.25) is 0 Å². The highest BCUT2D eigenvalue weighted by atomic mass is 19.1. The molecule has 1 N–H and O–H groups in total. The molecule has 2 aliphatic rings. The first-order valence-electron chi connectivity index (χ1n) is 9.35. The summed E-state index contributed by atoms with van der Waals surface area (Å²) in [7, 11) is 2.11. The van der Waals surface area contributed by atoms with Gasteiger partial charge in [-0.15, -0.1) is 0 Å². The lowest BCUT2D eigenvalue weighted by molar-refractivity contribution is 0.218. The van der Waals surface area contributed by atoms with Crippen LogP contribution in [0, 0.1) is 11.7 Å². The molecule has 3 rings (SSSR count). The summed E-state index contributed by atoms with van der Waals surface area (Å²) in [5.74, 6) is 0.215. The van der Waals surface area contributed by atoms with E-state index in [1.165, 1.54) is 6.07 Å². The molecule has 1 atom stereocenters. The molecule has 25 heavy (non-hydrogen) atoms. The Balaban J connectivity index is 1.59. The fourth-order valence-corrected chi connectivity index (χ4v) is 3.74. The van der Waals surface area contributed by atoms with Crippen molar-refractivity contribution in [3.63, 3.8) is 0 Å². The quantitative estimate of drug-likeness (QED) is 0.888. The fraction of sp³-hybridized carbons (Fsp3) is 0.632. The number of amides is 2. The van der Waals surface area contributed by atoms with Crippen LogP contribution < -0.4 is 10.2 Å². The molecule has 0 aromatic heterocycles. The molecule has 0 bridgehead atoms. The van der Waals surface area contributed by atoms with Gasteiger partial charge in [0, 0.05) is 44.1 Å². The Kier molecular flexibility index (Phi) is 5.78. The van der Waals surface area contributed by atoms with E-state index >= 15 is 0 Å². The van der Waals surface area contributed by atoms with E-state index in [4.69, 9.17) is 0 Å². The largest absolute Gasteiger partial charge is 0.371 e. The zero-order valence-corrected chi connectivity index (χ0v) is 15.3. The highest BCUT2D eigenvalue weighted by Crippen LogP contribution is 2.26. The number of nitrogens with one attached hydrogen (secondary N) is 1. The molecule has 138 valence electrons. The first-order chi connectivity index (χ1) is 12.0. The van der Waals surface area contributed by atoms with Crippen molar-refractivity contribution < 1.29 is 9.18 Å². The molecular weight excluding hydrogens is 319 g/mol. The number of rotatable bonds is 5. The number of benzene rings is 1. The van der Waals surface area contributed by atoms with Gasteiger partial charge in [-0.05, 0) is 57.0 Å². The Labute approximate surface area is 149 Å². The maximum absolute atomic E-state index is 14.0. The number of hydrogen-bond donors (Lipinski definition) is 1. The molecule has 2 heterocycles. The second-order valence-electron chi connectivity index (χ2n) is 7.28. The van der Waals surface area contributed by atoms with Gasteiger partial charge in [-0.3, -0.25) is 0 Å².